The summed E-state index contributed by atoms with van der Waals surface area (Å²) in [7, 11) is 6.43. The van der Waals surface area contributed by atoms with Crippen LogP contribution in [0.3, 0.4) is 0 Å². The van der Waals surface area contributed by atoms with E-state index in [4.69, 9.17) is 42.6 Å². The Morgan fingerprint density at radius 2 is 1.51 bits per heavy atom. The maximum atomic E-state index is 13.8. The summed E-state index contributed by atoms with van der Waals surface area (Å²) in [6.07, 6.45) is -8.49. The predicted octanol–water partition coefficient (Wildman–Crippen LogP) is 2.26. The third-order valence-corrected chi connectivity index (χ3v) is 13.4. The Morgan fingerprint density at radius 3 is 2.09 bits per heavy atom. The fourth-order valence-corrected chi connectivity index (χ4v) is 9.51. The lowest BCUT2D eigenvalue weighted by molar-refractivity contribution is -0.341. The van der Waals surface area contributed by atoms with Crippen molar-refractivity contribution in [3.8, 4) is 0 Å². The quantitative estimate of drug-likeness (QED) is 0.131. The average molecular weight is 953 g/mol. The Bertz CT molecular complexity index is 1570. The molecule has 5 N–H and O–H groups in total. The second-order valence-corrected chi connectivity index (χ2v) is 18.7. The number of ketones is 1. The number of methoxy groups -OCH3 is 2. The molecule has 0 spiro atoms. The molecule has 0 aromatic rings. The van der Waals surface area contributed by atoms with Crippen molar-refractivity contribution in [2.75, 3.05) is 34.9 Å². The van der Waals surface area contributed by atoms with Crippen molar-refractivity contribution in [1.29, 1.82) is 0 Å². The van der Waals surface area contributed by atoms with E-state index < -0.39 is 140 Å². The molecule has 0 aliphatic carbocycles. The fraction of sp³-hybridized carbons (Fsp3) is 0.848. The van der Waals surface area contributed by atoms with Gasteiger partial charge in [-0.2, -0.15) is 0 Å². The maximum absolute atomic E-state index is 13.8. The molecule has 0 aromatic heterocycles. The van der Waals surface area contributed by atoms with Gasteiger partial charge in [0.05, 0.1) is 55.2 Å². The number of likely N-dealkylation sites (N-methyl/N-ethyl adjacent to an activating group) is 1. The van der Waals surface area contributed by atoms with E-state index >= 15 is 0 Å². The molecule has 0 saturated carbocycles. The summed E-state index contributed by atoms with van der Waals surface area (Å²) in [5.74, 6) is -3.59. The van der Waals surface area contributed by atoms with Gasteiger partial charge in [0.15, 0.2) is 24.7 Å². The van der Waals surface area contributed by atoms with Gasteiger partial charge in [0.2, 0.25) is 0 Å². The van der Waals surface area contributed by atoms with Gasteiger partial charge in [-0.25, -0.2) is 0 Å². The summed E-state index contributed by atoms with van der Waals surface area (Å²) < 4.78 is 54.7. The van der Waals surface area contributed by atoms with Gasteiger partial charge in [0.1, 0.15) is 49.0 Å². The van der Waals surface area contributed by atoms with Gasteiger partial charge in [-0.1, -0.05) is 38.5 Å². The molecule has 19 heteroatoms. The van der Waals surface area contributed by atoms with Crippen LogP contribution in [0.4, 0.5) is 0 Å². The molecule has 0 amide bonds. The second-order valence-electron chi connectivity index (χ2n) is 18.7. The van der Waals surface area contributed by atoms with Gasteiger partial charge in [0, 0.05) is 44.8 Å². The van der Waals surface area contributed by atoms with E-state index in [9.17, 15) is 39.9 Å². The van der Waals surface area contributed by atoms with Crippen molar-refractivity contribution < 1.29 is 82.5 Å². The topological polar surface area (TPSA) is 239 Å². The van der Waals surface area contributed by atoms with E-state index in [1.807, 2.05) is 19.9 Å². The lowest BCUT2D eigenvalue weighted by Gasteiger charge is -2.50. The van der Waals surface area contributed by atoms with E-state index in [-0.39, 0.29) is 44.1 Å². The molecular formula is C46H78ClNO17. The van der Waals surface area contributed by atoms with Gasteiger partial charge < -0.3 is 77.9 Å². The van der Waals surface area contributed by atoms with Gasteiger partial charge in [-0.05, 0) is 73.5 Å². The SMILES string of the molecule is CC[C@H]1OC(=O)C[C@H](O)[C@H](C)[C@@H](O[C@@H]2O[C@H](C)[C@@H](O[C@H]3C[C@@](C)(O)[C@@H](O)[C@H](C)O3)[C@H](N(C)C)[C@H]2O)[C@@H](CC=O)C[C@@H](C)C(=O)/C=C/C(C)=C/[C@@H]1CO[C@@H]1O[C@H](C)[C@@H](O)[C@@H](OC)[C@H]1OC.Cl. The Morgan fingerprint density at radius 1 is 0.862 bits per heavy atom. The first kappa shape index (κ1) is 57.3. The van der Waals surface area contributed by atoms with Crippen molar-refractivity contribution in [3.05, 3.63) is 23.8 Å². The molecule has 65 heavy (non-hydrogen) atoms. The molecular weight excluding hydrogens is 874 g/mol. The molecule has 3 saturated heterocycles. The highest BCUT2D eigenvalue weighted by Crippen LogP contribution is 2.37. The van der Waals surface area contributed by atoms with E-state index in [1.165, 1.54) is 27.2 Å². The maximum Gasteiger partial charge on any atom is 0.308 e. The van der Waals surface area contributed by atoms with Crippen LogP contribution in [0.5, 0.6) is 0 Å². The predicted molar refractivity (Wildman–Crippen MR) is 238 cm³/mol. The van der Waals surface area contributed by atoms with Crippen molar-refractivity contribution in [2.24, 2.45) is 23.7 Å². The zero-order chi connectivity index (χ0) is 47.8. The van der Waals surface area contributed by atoms with Crippen LogP contribution in [-0.2, 0) is 57.0 Å². The minimum atomic E-state index is -1.49. The number of rotatable bonds is 13. The summed E-state index contributed by atoms with van der Waals surface area (Å²) >= 11 is 0. The van der Waals surface area contributed by atoms with Crippen molar-refractivity contribution in [3.63, 3.8) is 0 Å². The van der Waals surface area contributed by atoms with Crippen LogP contribution in [0.25, 0.3) is 0 Å². The highest BCUT2D eigenvalue weighted by atomic mass is 35.5. The first-order valence-electron chi connectivity index (χ1n) is 22.7. The standard InChI is InChI=1S/C46H77NO17.ClH/c1-13-33-30(22-58-45-42(57-12)41(56-11)37(52)26(5)60-45)18-23(2)14-15-31(49)24(3)19-29(16-17-48)39(25(4)32(50)20-34(51)62-33)64-44-38(53)36(47(9)10)40(27(6)61-44)63-35-21-46(8,55)43(54)28(7)59-35;/h14-15,17-18,24-30,32-33,35-45,50,52-55H,13,16,19-22H2,1-12H3;1H/b15-14+,23-18+;/t24-,25+,26-,27-,28+,29+,30-,32+,33-,35+,36-,37-,38-,39-,40-,41-,42-,43+,44+,45-,46-;/m1./s1. The number of hydrogen-bond donors (Lipinski definition) is 5. The lowest BCUT2D eigenvalue weighted by atomic mass is 9.79. The van der Waals surface area contributed by atoms with Crippen molar-refractivity contribution >= 4 is 30.4 Å². The third-order valence-electron chi connectivity index (χ3n) is 13.4. The largest absolute Gasteiger partial charge is 0.462 e. The van der Waals surface area contributed by atoms with Gasteiger partial charge >= 0.3 is 5.97 Å². The number of cyclic esters (lactones) is 1. The molecule has 0 bridgehead atoms. The number of aliphatic hydroxyl groups excluding tert-OH is 4. The van der Waals surface area contributed by atoms with Gasteiger partial charge in [-0.15, -0.1) is 12.4 Å². The third kappa shape index (κ3) is 14.5. The highest BCUT2D eigenvalue weighted by Gasteiger charge is 2.52. The fourth-order valence-electron chi connectivity index (χ4n) is 9.51. The van der Waals surface area contributed by atoms with E-state index in [0.717, 1.165) is 6.29 Å². The zero-order valence-electron chi connectivity index (χ0n) is 40.1. The van der Waals surface area contributed by atoms with Crippen LogP contribution in [0, 0.1) is 23.7 Å². The Hall–Kier alpha value is -1.98. The smallest absolute Gasteiger partial charge is 0.308 e. The number of ether oxygens (including phenoxy) is 9. The lowest BCUT2D eigenvalue weighted by Crippen LogP contribution is -2.65. The summed E-state index contributed by atoms with van der Waals surface area (Å²) in [5.41, 5.74) is -0.806. The number of nitrogens with zero attached hydrogens (tertiary/aromatic N) is 1. The summed E-state index contributed by atoms with van der Waals surface area (Å²) in [4.78, 5) is 41.5. The molecule has 4 heterocycles. The highest BCUT2D eigenvalue weighted by molar-refractivity contribution is 5.91. The van der Waals surface area contributed by atoms with E-state index in [0.29, 0.717) is 12.0 Å². The molecule has 4 aliphatic rings. The Kier molecular flexibility index (Phi) is 22.6. The first-order valence-corrected chi connectivity index (χ1v) is 22.7. The molecule has 18 nitrogen and oxygen atoms in total. The number of carbonyl (C=O) groups excluding carboxylic acids is 3. The number of halogens is 1. The summed E-state index contributed by atoms with van der Waals surface area (Å²) in [5, 5.41) is 55.8. The summed E-state index contributed by atoms with van der Waals surface area (Å²) in [6, 6.07) is -0.748. The van der Waals surface area contributed by atoms with Gasteiger partial charge in [-0.3, -0.25) is 9.59 Å². The molecule has 0 unspecified atom stereocenters. The number of esters is 1. The number of aldehydes is 1. The Labute approximate surface area is 390 Å². The van der Waals surface area contributed by atoms with E-state index in [1.54, 1.807) is 59.7 Å². The van der Waals surface area contributed by atoms with Crippen LogP contribution >= 0.6 is 12.4 Å². The number of allylic oxidation sites excluding steroid dienone is 3. The number of hydrogen-bond acceptors (Lipinski definition) is 18. The van der Waals surface area contributed by atoms with Crippen LogP contribution in [0.2, 0.25) is 0 Å². The van der Waals surface area contributed by atoms with E-state index in [2.05, 4.69) is 0 Å². The van der Waals surface area contributed by atoms with Gasteiger partial charge in [0.25, 0.3) is 0 Å². The minimum absolute atomic E-state index is 0. The second kappa shape index (κ2) is 25.6. The van der Waals surface area contributed by atoms with Crippen LogP contribution in [-0.4, -0.2) is 187 Å². The number of carbonyl (C=O) groups is 3. The zero-order valence-corrected chi connectivity index (χ0v) is 40.9. The molecule has 0 aromatic carbocycles. The normalized spacial score (nSPS) is 45.2. The Balaban J connectivity index is 0.0000112. The summed E-state index contributed by atoms with van der Waals surface area (Å²) in [6.45, 7) is 13.6. The molecule has 21 atom stereocenters. The monoisotopic (exact) mass is 951 g/mol. The van der Waals surface area contributed by atoms with Crippen molar-refractivity contribution in [2.45, 2.75) is 191 Å². The van der Waals surface area contributed by atoms with Crippen LogP contribution < -0.4 is 0 Å². The average Bonchev–Trinajstić information content (AvgIpc) is 3.23. The van der Waals surface area contributed by atoms with Crippen molar-refractivity contribution in [1.82, 2.24) is 4.90 Å². The molecule has 0 radical (unpaired) electrons. The van der Waals surface area contributed by atoms with Crippen LogP contribution in [0.1, 0.15) is 87.5 Å². The molecule has 3 fully saturated rings. The number of aliphatic hydroxyl groups is 5. The molecule has 4 rings (SSSR count). The minimum Gasteiger partial charge on any atom is -0.462 e. The first-order chi connectivity index (χ1) is 30.1. The van der Waals surface area contributed by atoms with Crippen LogP contribution in [0.15, 0.2) is 23.8 Å². The molecule has 4 aliphatic heterocycles. The molecule has 376 valence electrons.